The van der Waals surface area contributed by atoms with Gasteiger partial charge in [0.25, 0.3) is 5.91 Å². The molecule has 0 aliphatic carbocycles. The molecule has 1 aromatic carbocycles. The molecule has 92 valence electrons. The topological polar surface area (TPSA) is 54.6 Å². The van der Waals surface area contributed by atoms with Crippen LogP contribution in [0.1, 0.15) is 16.1 Å². The molecule has 2 rings (SSSR count). The molecule has 0 saturated heterocycles. The molecule has 2 aromatic rings. The quantitative estimate of drug-likeness (QED) is 0.700. The monoisotopic (exact) mass is 310 g/mol. The van der Waals surface area contributed by atoms with Gasteiger partial charge in [-0.1, -0.05) is 6.07 Å². The van der Waals surface area contributed by atoms with Crippen LogP contribution >= 0.6 is 15.9 Å². The SMILES string of the molecule is O=C(N/N=C/c1ccc(Br)o1)c1cccc(F)c1. The number of benzene rings is 1. The van der Waals surface area contributed by atoms with Gasteiger partial charge in [0.1, 0.15) is 11.6 Å². The number of hydrogen-bond acceptors (Lipinski definition) is 3. The van der Waals surface area contributed by atoms with Crippen LogP contribution in [0.5, 0.6) is 0 Å². The largest absolute Gasteiger partial charge is 0.448 e. The number of nitrogens with zero attached hydrogens (tertiary/aromatic N) is 1. The molecule has 0 aliphatic rings. The third-order valence-electron chi connectivity index (χ3n) is 2.04. The number of nitrogens with one attached hydrogen (secondary N) is 1. The minimum Gasteiger partial charge on any atom is -0.448 e. The van der Waals surface area contributed by atoms with Crippen molar-refractivity contribution in [3.05, 3.63) is 58.2 Å². The first kappa shape index (κ1) is 12.5. The molecule has 4 nitrogen and oxygen atoms in total. The van der Waals surface area contributed by atoms with E-state index in [1.54, 1.807) is 12.1 Å². The van der Waals surface area contributed by atoms with E-state index in [9.17, 15) is 9.18 Å². The summed E-state index contributed by atoms with van der Waals surface area (Å²) in [4.78, 5) is 11.6. The zero-order chi connectivity index (χ0) is 13.0. The molecule has 0 atom stereocenters. The Balaban J connectivity index is 1.98. The number of carbonyl (C=O) groups is 1. The molecule has 0 unspecified atom stereocenters. The second-order valence-electron chi connectivity index (χ2n) is 3.35. The van der Waals surface area contributed by atoms with Crippen LogP contribution in [0.3, 0.4) is 0 Å². The van der Waals surface area contributed by atoms with Gasteiger partial charge in [-0.05, 0) is 46.3 Å². The predicted octanol–water partition coefficient (Wildman–Crippen LogP) is 2.95. The number of hydrazone groups is 1. The predicted molar refractivity (Wildman–Crippen MR) is 67.9 cm³/mol. The van der Waals surface area contributed by atoms with Gasteiger partial charge in [-0.3, -0.25) is 4.79 Å². The van der Waals surface area contributed by atoms with Crippen molar-refractivity contribution >= 4 is 28.1 Å². The molecule has 0 spiro atoms. The summed E-state index contributed by atoms with van der Waals surface area (Å²) in [5, 5.41) is 3.70. The van der Waals surface area contributed by atoms with E-state index in [4.69, 9.17) is 4.42 Å². The Labute approximate surface area is 111 Å². The van der Waals surface area contributed by atoms with Crippen molar-refractivity contribution in [1.82, 2.24) is 5.43 Å². The van der Waals surface area contributed by atoms with Crippen molar-refractivity contribution in [3.63, 3.8) is 0 Å². The Morgan fingerprint density at radius 1 is 1.39 bits per heavy atom. The van der Waals surface area contributed by atoms with E-state index in [-0.39, 0.29) is 5.56 Å². The number of amides is 1. The lowest BCUT2D eigenvalue weighted by atomic mass is 10.2. The Morgan fingerprint density at radius 3 is 2.89 bits per heavy atom. The van der Waals surface area contributed by atoms with E-state index in [0.29, 0.717) is 10.4 Å². The highest BCUT2D eigenvalue weighted by Gasteiger charge is 2.04. The number of hydrogen-bond donors (Lipinski definition) is 1. The van der Waals surface area contributed by atoms with Crippen LogP contribution < -0.4 is 5.43 Å². The van der Waals surface area contributed by atoms with Crippen molar-refractivity contribution in [1.29, 1.82) is 0 Å². The van der Waals surface area contributed by atoms with Crippen molar-refractivity contribution < 1.29 is 13.6 Å². The van der Waals surface area contributed by atoms with E-state index in [0.717, 1.165) is 6.07 Å². The van der Waals surface area contributed by atoms with Gasteiger partial charge in [-0.2, -0.15) is 5.10 Å². The molecule has 1 aromatic heterocycles. The maximum atomic E-state index is 12.9. The normalized spacial score (nSPS) is 10.8. The van der Waals surface area contributed by atoms with E-state index in [2.05, 4.69) is 26.5 Å². The van der Waals surface area contributed by atoms with E-state index in [1.807, 2.05) is 0 Å². The first-order chi connectivity index (χ1) is 8.65. The number of furan rings is 1. The van der Waals surface area contributed by atoms with Crippen LogP contribution in [0, 0.1) is 5.82 Å². The summed E-state index contributed by atoms with van der Waals surface area (Å²) < 4.78 is 18.6. The molecule has 1 heterocycles. The highest BCUT2D eigenvalue weighted by atomic mass is 79.9. The van der Waals surface area contributed by atoms with Gasteiger partial charge in [0.05, 0.1) is 6.21 Å². The summed E-state index contributed by atoms with van der Waals surface area (Å²) in [7, 11) is 0. The summed E-state index contributed by atoms with van der Waals surface area (Å²) >= 11 is 3.14. The fraction of sp³-hybridized carbons (Fsp3) is 0. The summed E-state index contributed by atoms with van der Waals surface area (Å²) in [6.07, 6.45) is 1.35. The lowest BCUT2D eigenvalue weighted by molar-refractivity contribution is 0.0954. The van der Waals surface area contributed by atoms with Gasteiger partial charge < -0.3 is 4.42 Å². The summed E-state index contributed by atoms with van der Waals surface area (Å²) in [5.41, 5.74) is 2.47. The highest BCUT2D eigenvalue weighted by molar-refractivity contribution is 9.10. The van der Waals surface area contributed by atoms with Gasteiger partial charge in [0.15, 0.2) is 4.67 Å². The van der Waals surface area contributed by atoms with Gasteiger partial charge in [0.2, 0.25) is 0 Å². The van der Waals surface area contributed by atoms with Gasteiger partial charge >= 0.3 is 0 Å². The Hall–Kier alpha value is -1.95. The number of rotatable bonds is 3. The molecule has 0 bridgehead atoms. The average molecular weight is 311 g/mol. The standard InChI is InChI=1S/C12H8BrFN2O2/c13-11-5-4-10(18-11)7-15-16-12(17)8-2-1-3-9(14)6-8/h1-7H,(H,16,17)/b15-7+. The Kier molecular flexibility index (Phi) is 3.88. The van der Waals surface area contributed by atoms with Crippen LogP contribution in [-0.4, -0.2) is 12.1 Å². The maximum Gasteiger partial charge on any atom is 0.271 e. The minimum atomic E-state index is -0.489. The van der Waals surface area contributed by atoms with Crippen LogP contribution in [-0.2, 0) is 0 Å². The number of halogens is 2. The third-order valence-corrected chi connectivity index (χ3v) is 2.46. The molecule has 0 fully saturated rings. The molecular formula is C12H8BrFN2O2. The van der Waals surface area contributed by atoms with Crippen molar-refractivity contribution in [2.45, 2.75) is 0 Å². The molecule has 18 heavy (non-hydrogen) atoms. The maximum absolute atomic E-state index is 12.9. The first-order valence-corrected chi connectivity index (χ1v) is 5.79. The van der Waals surface area contributed by atoms with E-state index in [1.165, 1.54) is 24.4 Å². The second-order valence-corrected chi connectivity index (χ2v) is 4.13. The van der Waals surface area contributed by atoms with Crippen LogP contribution in [0.15, 0.2) is 50.6 Å². The summed E-state index contributed by atoms with van der Waals surface area (Å²) in [6, 6.07) is 8.74. The highest BCUT2D eigenvalue weighted by Crippen LogP contribution is 2.12. The van der Waals surface area contributed by atoms with Crippen LogP contribution in [0.4, 0.5) is 4.39 Å². The second kappa shape index (κ2) is 5.59. The van der Waals surface area contributed by atoms with Gasteiger partial charge in [-0.25, -0.2) is 9.82 Å². The molecule has 0 saturated carbocycles. The smallest absolute Gasteiger partial charge is 0.271 e. The van der Waals surface area contributed by atoms with Crippen molar-refractivity contribution in [2.24, 2.45) is 5.10 Å². The molecular weight excluding hydrogens is 303 g/mol. The third kappa shape index (κ3) is 3.27. The van der Waals surface area contributed by atoms with E-state index < -0.39 is 11.7 Å². The summed E-state index contributed by atoms with van der Waals surface area (Å²) in [5.74, 6) is -0.473. The fourth-order valence-electron chi connectivity index (χ4n) is 1.25. The average Bonchev–Trinajstić information content (AvgIpc) is 2.75. The lowest BCUT2D eigenvalue weighted by Crippen LogP contribution is -2.17. The number of carbonyl (C=O) groups excluding carboxylic acids is 1. The lowest BCUT2D eigenvalue weighted by Gasteiger charge is -1.98. The minimum absolute atomic E-state index is 0.202. The van der Waals surface area contributed by atoms with Crippen molar-refractivity contribution in [2.75, 3.05) is 0 Å². The first-order valence-electron chi connectivity index (χ1n) is 4.99. The Morgan fingerprint density at radius 2 is 2.22 bits per heavy atom. The van der Waals surface area contributed by atoms with Crippen LogP contribution in [0.25, 0.3) is 0 Å². The molecule has 6 heteroatoms. The zero-order valence-electron chi connectivity index (χ0n) is 9.06. The van der Waals surface area contributed by atoms with E-state index >= 15 is 0 Å². The molecule has 1 N–H and O–H groups in total. The van der Waals surface area contributed by atoms with Crippen molar-refractivity contribution in [3.8, 4) is 0 Å². The van der Waals surface area contributed by atoms with Crippen LogP contribution in [0.2, 0.25) is 0 Å². The zero-order valence-corrected chi connectivity index (χ0v) is 10.6. The molecule has 1 amide bonds. The van der Waals surface area contributed by atoms with Gasteiger partial charge in [-0.15, -0.1) is 0 Å². The molecule has 0 aliphatic heterocycles. The molecule has 0 radical (unpaired) electrons. The summed E-state index contributed by atoms with van der Waals surface area (Å²) in [6.45, 7) is 0. The Bertz CT molecular complexity index is 595. The van der Waals surface area contributed by atoms with Gasteiger partial charge in [0, 0.05) is 5.56 Å². The fourth-order valence-corrected chi connectivity index (χ4v) is 1.57.